The van der Waals surface area contributed by atoms with Gasteiger partial charge in [-0.05, 0) is 31.5 Å². The largest absolute Gasteiger partial charge is 0.497 e. The number of carbonyl (C=O) groups excluding carboxylic acids is 1. The quantitative estimate of drug-likeness (QED) is 0.788. The summed E-state index contributed by atoms with van der Waals surface area (Å²) in [5, 5.41) is 0. The van der Waals surface area contributed by atoms with Crippen LogP contribution >= 0.6 is 0 Å². The Labute approximate surface area is 102 Å². The van der Waals surface area contributed by atoms with E-state index >= 15 is 0 Å². The van der Waals surface area contributed by atoms with Crippen LogP contribution in [-0.2, 0) is 14.9 Å². The number of carbonyl (C=O) groups is 1. The molecule has 17 heavy (non-hydrogen) atoms. The Balaban J connectivity index is 3.10. The molecule has 0 unspecified atom stereocenters. The second-order valence-corrected chi connectivity index (χ2v) is 3.99. The molecule has 0 aliphatic heterocycles. The summed E-state index contributed by atoms with van der Waals surface area (Å²) in [5.74, 6) is 0.391. The summed E-state index contributed by atoms with van der Waals surface area (Å²) >= 11 is 0. The first-order chi connectivity index (χ1) is 8.08. The lowest BCUT2D eigenvalue weighted by atomic mass is 9.82. The van der Waals surface area contributed by atoms with Gasteiger partial charge in [0.25, 0.3) is 0 Å². The third-order valence-corrected chi connectivity index (χ3v) is 2.84. The molecule has 0 radical (unpaired) electrons. The van der Waals surface area contributed by atoms with Crippen molar-refractivity contribution in [1.82, 2.24) is 0 Å². The van der Waals surface area contributed by atoms with Crippen LogP contribution in [0.4, 0.5) is 0 Å². The van der Waals surface area contributed by atoms with E-state index in [1.165, 1.54) is 0 Å². The topological polar surface area (TPSA) is 61.5 Å². The molecule has 0 aliphatic rings. The van der Waals surface area contributed by atoms with Crippen molar-refractivity contribution in [3.8, 4) is 5.75 Å². The van der Waals surface area contributed by atoms with Gasteiger partial charge in [-0.3, -0.25) is 4.79 Å². The van der Waals surface area contributed by atoms with Crippen molar-refractivity contribution < 1.29 is 14.3 Å². The van der Waals surface area contributed by atoms with Gasteiger partial charge in [0.05, 0.1) is 13.7 Å². The second-order valence-electron chi connectivity index (χ2n) is 3.99. The molecule has 0 saturated carbocycles. The molecule has 94 valence electrons. The maximum atomic E-state index is 12.0. The normalized spacial score (nSPS) is 13.9. The van der Waals surface area contributed by atoms with E-state index < -0.39 is 5.41 Å². The minimum absolute atomic E-state index is 0.193. The summed E-state index contributed by atoms with van der Waals surface area (Å²) < 4.78 is 10.2. The summed E-state index contributed by atoms with van der Waals surface area (Å²) in [6.45, 7) is 4.09. The van der Waals surface area contributed by atoms with Crippen LogP contribution in [0.1, 0.15) is 19.4 Å². The average Bonchev–Trinajstić information content (AvgIpc) is 2.38. The Hall–Kier alpha value is -1.55. The van der Waals surface area contributed by atoms with Crippen LogP contribution in [0, 0.1) is 0 Å². The van der Waals surface area contributed by atoms with Crippen LogP contribution < -0.4 is 10.5 Å². The molecule has 0 spiro atoms. The number of rotatable bonds is 5. The molecule has 2 N–H and O–H groups in total. The Kier molecular flexibility index (Phi) is 4.52. The van der Waals surface area contributed by atoms with Crippen LogP contribution in [0.25, 0.3) is 0 Å². The minimum Gasteiger partial charge on any atom is -0.497 e. The zero-order valence-electron chi connectivity index (χ0n) is 10.5. The maximum Gasteiger partial charge on any atom is 0.317 e. The average molecular weight is 237 g/mol. The van der Waals surface area contributed by atoms with Gasteiger partial charge in [-0.15, -0.1) is 0 Å². The standard InChI is InChI=1S/C13H19NO3/c1-4-17-12(15)13(2,9-14)10-6-5-7-11(8-10)16-3/h5-8H,4,9,14H2,1-3H3/t13-/m0/s1. The highest BCUT2D eigenvalue weighted by atomic mass is 16.5. The number of methoxy groups -OCH3 is 1. The first kappa shape index (κ1) is 13.5. The molecule has 1 aromatic carbocycles. The third-order valence-electron chi connectivity index (χ3n) is 2.84. The van der Waals surface area contributed by atoms with Crippen molar-refractivity contribution in [2.45, 2.75) is 19.3 Å². The minimum atomic E-state index is -0.829. The zero-order chi connectivity index (χ0) is 12.9. The molecule has 0 bridgehead atoms. The van der Waals surface area contributed by atoms with E-state index in [0.717, 1.165) is 5.56 Å². The van der Waals surface area contributed by atoms with E-state index in [1.54, 1.807) is 21.0 Å². The lowest BCUT2D eigenvalue weighted by Gasteiger charge is -2.26. The van der Waals surface area contributed by atoms with Gasteiger partial charge >= 0.3 is 5.97 Å². The van der Waals surface area contributed by atoms with Crippen LogP contribution in [0.5, 0.6) is 5.75 Å². The van der Waals surface area contributed by atoms with Crippen molar-refractivity contribution >= 4 is 5.97 Å². The molecule has 0 amide bonds. The van der Waals surface area contributed by atoms with Crippen molar-refractivity contribution in [3.63, 3.8) is 0 Å². The van der Waals surface area contributed by atoms with Crippen molar-refractivity contribution in [2.24, 2.45) is 5.73 Å². The SMILES string of the molecule is CCOC(=O)[C@@](C)(CN)c1cccc(OC)c1. The number of ether oxygens (including phenoxy) is 2. The van der Waals surface area contributed by atoms with E-state index in [9.17, 15) is 4.79 Å². The molecular formula is C13H19NO3. The molecule has 1 atom stereocenters. The highest BCUT2D eigenvalue weighted by molar-refractivity contribution is 5.83. The van der Waals surface area contributed by atoms with Crippen molar-refractivity contribution in [1.29, 1.82) is 0 Å². The number of hydrogen-bond acceptors (Lipinski definition) is 4. The molecule has 0 heterocycles. The molecule has 1 aromatic rings. The summed E-state index contributed by atoms with van der Waals surface area (Å²) in [6, 6.07) is 7.32. The van der Waals surface area contributed by atoms with Gasteiger partial charge in [-0.1, -0.05) is 12.1 Å². The molecular weight excluding hydrogens is 218 g/mol. The number of hydrogen-bond donors (Lipinski definition) is 1. The van der Waals surface area contributed by atoms with Gasteiger partial charge in [0, 0.05) is 6.54 Å². The fraction of sp³-hybridized carbons (Fsp3) is 0.462. The highest BCUT2D eigenvalue weighted by Crippen LogP contribution is 2.27. The summed E-state index contributed by atoms with van der Waals surface area (Å²) in [5.41, 5.74) is 5.69. The molecule has 0 aromatic heterocycles. The second kappa shape index (κ2) is 5.68. The first-order valence-corrected chi connectivity index (χ1v) is 5.60. The lowest BCUT2D eigenvalue weighted by molar-refractivity contribution is -0.149. The molecule has 0 aliphatic carbocycles. The Bertz CT molecular complexity index is 392. The van der Waals surface area contributed by atoms with Gasteiger partial charge in [0.1, 0.15) is 11.2 Å². The van der Waals surface area contributed by atoms with E-state index in [1.807, 2.05) is 24.3 Å². The lowest BCUT2D eigenvalue weighted by Crippen LogP contribution is -2.41. The smallest absolute Gasteiger partial charge is 0.317 e. The monoisotopic (exact) mass is 237 g/mol. The fourth-order valence-electron chi connectivity index (χ4n) is 1.58. The van der Waals surface area contributed by atoms with Crippen LogP contribution in [0.15, 0.2) is 24.3 Å². The van der Waals surface area contributed by atoms with Crippen LogP contribution in [0.2, 0.25) is 0 Å². The molecule has 1 rings (SSSR count). The summed E-state index contributed by atoms with van der Waals surface area (Å²) in [7, 11) is 1.59. The van der Waals surface area contributed by atoms with Crippen molar-refractivity contribution in [3.05, 3.63) is 29.8 Å². The summed E-state index contributed by atoms with van der Waals surface area (Å²) in [4.78, 5) is 12.0. The van der Waals surface area contributed by atoms with Gasteiger partial charge in [0.15, 0.2) is 0 Å². The highest BCUT2D eigenvalue weighted by Gasteiger charge is 2.35. The van der Waals surface area contributed by atoms with Gasteiger partial charge in [-0.25, -0.2) is 0 Å². The van der Waals surface area contributed by atoms with E-state index in [4.69, 9.17) is 15.2 Å². The number of nitrogens with two attached hydrogens (primary N) is 1. The Morgan fingerprint density at radius 2 is 2.18 bits per heavy atom. The van der Waals surface area contributed by atoms with Gasteiger partial charge in [0.2, 0.25) is 0 Å². The van der Waals surface area contributed by atoms with Gasteiger partial charge in [-0.2, -0.15) is 0 Å². The first-order valence-electron chi connectivity index (χ1n) is 5.60. The fourth-order valence-corrected chi connectivity index (χ4v) is 1.58. The van der Waals surface area contributed by atoms with Gasteiger partial charge < -0.3 is 15.2 Å². The molecule has 0 fully saturated rings. The maximum absolute atomic E-state index is 12.0. The Morgan fingerprint density at radius 1 is 1.47 bits per heavy atom. The van der Waals surface area contributed by atoms with Crippen LogP contribution in [-0.4, -0.2) is 26.2 Å². The third kappa shape index (κ3) is 2.77. The Morgan fingerprint density at radius 3 is 2.71 bits per heavy atom. The number of esters is 1. The van der Waals surface area contributed by atoms with Crippen LogP contribution in [0.3, 0.4) is 0 Å². The zero-order valence-corrected chi connectivity index (χ0v) is 10.5. The molecule has 4 heteroatoms. The number of benzene rings is 1. The summed E-state index contributed by atoms with van der Waals surface area (Å²) in [6.07, 6.45) is 0. The predicted octanol–water partition coefficient (Wildman–Crippen LogP) is 1.47. The van der Waals surface area contributed by atoms with E-state index in [-0.39, 0.29) is 12.5 Å². The molecule has 4 nitrogen and oxygen atoms in total. The molecule has 0 saturated heterocycles. The van der Waals surface area contributed by atoms with E-state index in [0.29, 0.717) is 12.4 Å². The predicted molar refractivity (Wildman–Crippen MR) is 66.0 cm³/mol. The van der Waals surface area contributed by atoms with Crippen molar-refractivity contribution in [2.75, 3.05) is 20.3 Å². The van der Waals surface area contributed by atoms with E-state index in [2.05, 4.69) is 0 Å².